The van der Waals surface area contributed by atoms with Crippen molar-refractivity contribution < 1.29 is 27.7 Å². The van der Waals surface area contributed by atoms with Crippen molar-refractivity contribution >= 4 is 34.5 Å². The highest BCUT2D eigenvalue weighted by Gasteiger charge is 2.39. The topological polar surface area (TPSA) is 87.0 Å². The van der Waals surface area contributed by atoms with Crippen LogP contribution >= 0.6 is 11.3 Å². The summed E-state index contributed by atoms with van der Waals surface area (Å²) < 4.78 is 38.9. The lowest BCUT2D eigenvalue weighted by atomic mass is 10.1. The largest absolute Gasteiger partial charge is 0.416 e. The van der Waals surface area contributed by atoms with Gasteiger partial charge in [0.1, 0.15) is 11.7 Å². The minimum atomic E-state index is -4.68. The lowest BCUT2D eigenvalue weighted by Crippen LogP contribution is -2.54. The lowest BCUT2D eigenvalue weighted by Gasteiger charge is -2.38. The molecule has 12 heteroatoms. The summed E-state index contributed by atoms with van der Waals surface area (Å²) in [6.07, 6.45) is -3.38. The normalized spacial score (nSPS) is 19.1. The molecule has 1 atom stereocenters. The number of piperazine rings is 1. The van der Waals surface area contributed by atoms with Crippen molar-refractivity contribution in [3.05, 3.63) is 56.3 Å². The van der Waals surface area contributed by atoms with E-state index in [1.807, 2.05) is 0 Å². The van der Waals surface area contributed by atoms with E-state index in [0.717, 1.165) is 18.6 Å². The number of likely N-dealkylation sites (tertiary alicyclic amines) is 1. The second-order valence-corrected chi connectivity index (χ2v) is 8.85. The number of carbonyl (C=O) groups excluding carboxylic acids is 2. The number of anilines is 1. The number of thiophene rings is 1. The summed E-state index contributed by atoms with van der Waals surface area (Å²) in [5.74, 6) is -0.334. The molecule has 0 radical (unpaired) electrons. The third-order valence-electron chi connectivity index (χ3n) is 5.96. The first-order chi connectivity index (χ1) is 15.7. The highest BCUT2D eigenvalue weighted by molar-refractivity contribution is 7.12. The summed E-state index contributed by atoms with van der Waals surface area (Å²) in [5.41, 5.74) is -1.60. The Morgan fingerprint density at radius 3 is 2.42 bits per heavy atom. The van der Waals surface area contributed by atoms with Crippen LogP contribution in [0.3, 0.4) is 0 Å². The number of rotatable bonds is 4. The monoisotopic (exact) mass is 482 g/mol. The molecule has 0 bridgehead atoms. The Balaban J connectivity index is 1.44. The Hall–Kier alpha value is -3.15. The zero-order valence-corrected chi connectivity index (χ0v) is 18.3. The maximum absolute atomic E-state index is 13.1. The van der Waals surface area contributed by atoms with Crippen molar-refractivity contribution in [2.45, 2.75) is 25.1 Å². The predicted octanol–water partition coefficient (Wildman–Crippen LogP) is 3.63. The SMILES string of the molecule is O=C([C@@H]1CCCN1C(=O)c1cccs1)N1CCN(c2ccc(C(F)(F)F)cc2[N+](=O)[O-])CC1. The molecule has 0 saturated carbocycles. The fourth-order valence-electron chi connectivity index (χ4n) is 4.30. The van der Waals surface area contributed by atoms with Crippen LogP contribution in [0.5, 0.6) is 0 Å². The maximum atomic E-state index is 13.1. The molecular weight excluding hydrogens is 461 g/mol. The Morgan fingerprint density at radius 2 is 1.82 bits per heavy atom. The van der Waals surface area contributed by atoms with Crippen molar-refractivity contribution in [3.63, 3.8) is 0 Å². The molecule has 1 aromatic carbocycles. The van der Waals surface area contributed by atoms with E-state index < -0.39 is 28.4 Å². The van der Waals surface area contributed by atoms with E-state index in [2.05, 4.69) is 0 Å². The van der Waals surface area contributed by atoms with Gasteiger partial charge in [-0.05, 0) is 36.4 Å². The highest BCUT2D eigenvalue weighted by atomic mass is 32.1. The Labute approximate surface area is 191 Å². The number of carbonyl (C=O) groups is 2. The fraction of sp³-hybridized carbons (Fsp3) is 0.429. The van der Waals surface area contributed by atoms with Crippen LogP contribution in [-0.2, 0) is 11.0 Å². The second kappa shape index (κ2) is 9.00. The highest BCUT2D eigenvalue weighted by Crippen LogP contribution is 2.37. The number of benzene rings is 1. The van der Waals surface area contributed by atoms with E-state index in [0.29, 0.717) is 23.9 Å². The van der Waals surface area contributed by atoms with Crippen molar-refractivity contribution in [3.8, 4) is 0 Å². The number of amides is 2. The molecule has 2 aliphatic heterocycles. The van der Waals surface area contributed by atoms with E-state index in [4.69, 9.17) is 0 Å². The summed E-state index contributed by atoms with van der Waals surface area (Å²) in [6, 6.07) is 5.43. The molecule has 2 fully saturated rings. The van der Waals surface area contributed by atoms with Crippen LogP contribution in [0.4, 0.5) is 24.5 Å². The molecule has 0 aliphatic carbocycles. The summed E-state index contributed by atoms with van der Waals surface area (Å²) in [6.45, 7) is 1.50. The van der Waals surface area contributed by atoms with Gasteiger partial charge in [-0.15, -0.1) is 11.3 Å². The number of nitro benzene ring substituents is 1. The number of hydrogen-bond acceptors (Lipinski definition) is 6. The summed E-state index contributed by atoms with van der Waals surface area (Å²) in [7, 11) is 0. The van der Waals surface area contributed by atoms with Gasteiger partial charge in [0.15, 0.2) is 0 Å². The van der Waals surface area contributed by atoms with Crippen LogP contribution in [-0.4, -0.2) is 65.3 Å². The maximum Gasteiger partial charge on any atom is 0.416 e. The van der Waals surface area contributed by atoms with Crippen LogP contribution in [0.1, 0.15) is 28.1 Å². The van der Waals surface area contributed by atoms with Crippen LogP contribution in [0.25, 0.3) is 0 Å². The van der Waals surface area contributed by atoms with Gasteiger partial charge in [0.05, 0.1) is 15.4 Å². The number of nitro groups is 1. The van der Waals surface area contributed by atoms with Crippen molar-refractivity contribution in [2.75, 3.05) is 37.6 Å². The first-order valence-corrected chi connectivity index (χ1v) is 11.3. The lowest BCUT2D eigenvalue weighted by molar-refractivity contribution is -0.384. The van der Waals surface area contributed by atoms with E-state index in [1.165, 1.54) is 11.3 Å². The number of nitrogens with zero attached hydrogens (tertiary/aromatic N) is 4. The predicted molar refractivity (Wildman–Crippen MR) is 115 cm³/mol. The number of hydrogen-bond donors (Lipinski definition) is 0. The van der Waals surface area contributed by atoms with Crippen molar-refractivity contribution in [1.29, 1.82) is 0 Å². The number of alkyl halides is 3. The van der Waals surface area contributed by atoms with Gasteiger partial charge in [-0.25, -0.2) is 0 Å². The number of halogens is 3. The van der Waals surface area contributed by atoms with Gasteiger partial charge in [0.2, 0.25) is 5.91 Å². The Morgan fingerprint density at radius 1 is 1.09 bits per heavy atom. The van der Waals surface area contributed by atoms with E-state index in [-0.39, 0.29) is 43.7 Å². The van der Waals surface area contributed by atoms with Crippen molar-refractivity contribution in [2.24, 2.45) is 0 Å². The standard InChI is InChI=1S/C21H21F3N4O4S/c22-21(23,24)14-5-6-15(17(13-14)28(31)32)25-8-10-26(11-9-25)19(29)16-3-1-7-27(16)20(30)18-4-2-12-33-18/h2,4-6,12-13,16H,1,3,7-11H2/t16-/m0/s1. The molecule has 2 aromatic rings. The van der Waals surface area contributed by atoms with Crippen LogP contribution < -0.4 is 4.90 Å². The molecule has 33 heavy (non-hydrogen) atoms. The molecule has 0 N–H and O–H groups in total. The van der Waals surface area contributed by atoms with Gasteiger partial charge < -0.3 is 14.7 Å². The van der Waals surface area contributed by atoms with E-state index >= 15 is 0 Å². The minimum Gasteiger partial charge on any atom is -0.362 e. The average Bonchev–Trinajstić information content (AvgIpc) is 3.49. The molecular formula is C21H21F3N4O4S. The Kier molecular flexibility index (Phi) is 6.28. The first-order valence-electron chi connectivity index (χ1n) is 10.4. The average molecular weight is 482 g/mol. The van der Waals surface area contributed by atoms with Gasteiger partial charge in [-0.1, -0.05) is 6.07 Å². The molecule has 1 aromatic heterocycles. The molecule has 0 spiro atoms. The van der Waals surface area contributed by atoms with E-state index in [9.17, 15) is 32.9 Å². The molecule has 3 heterocycles. The minimum absolute atomic E-state index is 0.0930. The van der Waals surface area contributed by atoms with Gasteiger partial charge in [0, 0.05) is 38.8 Å². The van der Waals surface area contributed by atoms with Gasteiger partial charge in [0.25, 0.3) is 11.6 Å². The third kappa shape index (κ3) is 4.65. The molecule has 176 valence electrons. The quantitative estimate of drug-likeness (QED) is 0.491. The smallest absolute Gasteiger partial charge is 0.362 e. The molecule has 4 rings (SSSR count). The zero-order chi connectivity index (χ0) is 23.8. The summed E-state index contributed by atoms with van der Waals surface area (Å²) in [4.78, 5) is 41.9. The molecule has 2 saturated heterocycles. The van der Waals surface area contributed by atoms with Gasteiger partial charge in [-0.2, -0.15) is 13.2 Å². The molecule has 2 aliphatic rings. The molecule has 8 nitrogen and oxygen atoms in total. The van der Waals surface area contributed by atoms with Crippen molar-refractivity contribution in [1.82, 2.24) is 9.80 Å². The third-order valence-corrected chi connectivity index (χ3v) is 6.82. The summed E-state index contributed by atoms with van der Waals surface area (Å²) >= 11 is 1.32. The summed E-state index contributed by atoms with van der Waals surface area (Å²) in [5, 5.41) is 13.2. The second-order valence-electron chi connectivity index (χ2n) is 7.90. The Bertz CT molecular complexity index is 1050. The van der Waals surface area contributed by atoms with E-state index in [1.54, 1.807) is 32.2 Å². The van der Waals surface area contributed by atoms with Crippen LogP contribution in [0.15, 0.2) is 35.7 Å². The zero-order valence-electron chi connectivity index (χ0n) is 17.5. The molecule has 2 amide bonds. The van der Waals surface area contributed by atoms with Gasteiger partial charge >= 0.3 is 6.18 Å². The first kappa shape index (κ1) is 23.0. The van der Waals surface area contributed by atoms with Crippen LogP contribution in [0.2, 0.25) is 0 Å². The van der Waals surface area contributed by atoms with Gasteiger partial charge in [-0.3, -0.25) is 19.7 Å². The molecule has 0 unspecified atom stereocenters. The van der Waals surface area contributed by atoms with Crippen LogP contribution in [0, 0.1) is 10.1 Å². The fourth-order valence-corrected chi connectivity index (χ4v) is 4.98.